The van der Waals surface area contributed by atoms with Gasteiger partial charge in [-0.15, -0.1) is 23.7 Å². The molecule has 6 heteroatoms. The number of likely N-dealkylation sites (tertiary alicyclic amines) is 1. The summed E-state index contributed by atoms with van der Waals surface area (Å²) in [7, 11) is 0. The van der Waals surface area contributed by atoms with Gasteiger partial charge in [-0.2, -0.15) is 0 Å². The lowest BCUT2D eigenvalue weighted by Crippen LogP contribution is -2.44. The van der Waals surface area contributed by atoms with E-state index in [4.69, 9.17) is 5.73 Å². The summed E-state index contributed by atoms with van der Waals surface area (Å²) in [5, 5.41) is 5.15. The molecule has 2 aromatic rings. The van der Waals surface area contributed by atoms with Gasteiger partial charge in [0.2, 0.25) is 5.91 Å². The summed E-state index contributed by atoms with van der Waals surface area (Å²) in [6.45, 7) is 5.13. The summed E-state index contributed by atoms with van der Waals surface area (Å²) in [4.78, 5) is 16.1. The van der Waals surface area contributed by atoms with Gasteiger partial charge in [0.1, 0.15) is 0 Å². The van der Waals surface area contributed by atoms with Gasteiger partial charge in [-0.1, -0.05) is 36.4 Å². The summed E-state index contributed by atoms with van der Waals surface area (Å²) < 4.78 is 0. The van der Waals surface area contributed by atoms with E-state index in [1.54, 1.807) is 11.3 Å². The van der Waals surface area contributed by atoms with E-state index in [9.17, 15) is 4.79 Å². The minimum Gasteiger partial charge on any atom is -0.354 e. The Morgan fingerprint density at radius 3 is 2.69 bits per heavy atom. The summed E-state index contributed by atoms with van der Waals surface area (Å²) in [6.07, 6.45) is 0.897. The number of hydrogen-bond acceptors (Lipinski definition) is 4. The zero-order chi connectivity index (χ0) is 17.6. The summed E-state index contributed by atoms with van der Waals surface area (Å²) in [6, 6.07) is 14.6. The topological polar surface area (TPSA) is 58.4 Å². The maximum absolute atomic E-state index is 12.5. The van der Waals surface area contributed by atoms with E-state index >= 15 is 0 Å². The van der Waals surface area contributed by atoms with Crippen LogP contribution in [0.4, 0.5) is 0 Å². The highest BCUT2D eigenvalue weighted by molar-refractivity contribution is 7.09. The molecule has 26 heavy (non-hydrogen) atoms. The number of amides is 1. The van der Waals surface area contributed by atoms with Crippen LogP contribution in [0.2, 0.25) is 0 Å². The van der Waals surface area contributed by atoms with Crippen LogP contribution in [0.5, 0.6) is 0 Å². The zero-order valence-corrected chi connectivity index (χ0v) is 16.8. The summed E-state index contributed by atoms with van der Waals surface area (Å²) >= 11 is 1.73. The van der Waals surface area contributed by atoms with Crippen molar-refractivity contribution in [2.24, 2.45) is 11.7 Å². The number of benzene rings is 1. The number of nitrogens with one attached hydrogen (secondary N) is 1. The second-order valence-electron chi connectivity index (χ2n) is 6.76. The predicted octanol–water partition coefficient (Wildman–Crippen LogP) is 2.89. The van der Waals surface area contributed by atoms with Crippen LogP contribution in [0, 0.1) is 5.92 Å². The minimum absolute atomic E-state index is 0. The molecule has 1 fully saturated rings. The highest BCUT2D eigenvalue weighted by atomic mass is 35.5. The highest BCUT2D eigenvalue weighted by Gasteiger charge is 2.36. The first-order chi connectivity index (χ1) is 12.2. The van der Waals surface area contributed by atoms with Crippen molar-refractivity contribution in [3.05, 3.63) is 58.3 Å². The molecule has 4 nitrogen and oxygen atoms in total. The normalized spacial score (nSPS) is 21.2. The third kappa shape index (κ3) is 5.07. The van der Waals surface area contributed by atoms with Crippen molar-refractivity contribution in [3.8, 4) is 0 Å². The van der Waals surface area contributed by atoms with Crippen molar-refractivity contribution in [2.75, 3.05) is 26.2 Å². The molecule has 1 amide bonds. The third-order valence-electron chi connectivity index (χ3n) is 5.18. The minimum atomic E-state index is -0.119. The Morgan fingerprint density at radius 1 is 1.27 bits per heavy atom. The molecule has 1 aromatic heterocycles. The Bertz CT molecular complexity index is 665. The SMILES string of the molecule is CC(C(=O)NCCc1cccs1)N1C[C@@H](CN)[C@H](c2ccccc2)C1.Cl. The summed E-state index contributed by atoms with van der Waals surface area (Å²) in [5.74, 6) is 0.928. The smallest absolute Gasteiger partial charge is 0.237 e. The lowest BCUT2D eigenvalue weighted by atomic mass is 9.89. The molecule has 0 spiro atoms. The van der Waals surface area contributed by atoms with E-state index in [0.29, 0.717) is 24.9 Å². The van der Waals surface area contributed by atoms with E-state index in [-0.39, 0.29) is 24.4 Å². The number of hydrogen-bond donors (Lipinski definition) is 2. The molecule has 2 heterocycles. The van der Waals surface area contributed by atoms with Crippen molar-refractivity contribution in [1.29, 1.82) is 0 Å². The zero-order valence-electron chi connectivity index (χ0n) is 15.1. The lowest BCUT2D eigenvalue weighted by molar-refractivity contribution is -0.125. The van der Waals surface area contributed by atoms with Crippen molar-refractivity contribution >= 4 is 29.7 Å². The number of nitrogens with zero attached hydrogens (tertiary/aromatic N) is 1. The standard InChI is InChI=1S/C20H27N3OS.ClH/c1-15(20(24)22-10-9-18-8-5-11-25-18)23-13-17(12-21)19(14-23)16-6-3-2-4-7-16;/h2-8,11,15,17,19H,9-10,12-14,21H2,1H3,(H,22,24);1H/t15?,17-,19+;/m1./s1. The van der Waals surface area contributed by atoms with Crippen LogP contribution in [0.1, 0.15) is 23.3 Å². The van der Waals surface area contributed by atoms with Crippen molar-refractivity contribution in [3.63, 3.8) is 0 Å². The fourth-order valence-corrected chi connectivity index (χ4v) is 4.32. The number of rotatable bonds is 7. The van der Waals surface area contributed by atoms with Gasteiger partial charge in [-0.25, -0.2) is 0 Å². The van der Waals surface area contributed by atoms with Crippen LogP contribution in [0.3, 0.4) is 0 Å². The Morgan fingerprint density at radius 2 is 2.04 bits per heavy atom. The first-order valence-electron chi connectivity index (χ1n) is 8.98. The lowest BCUT2D eigenvalue weighted by Gasteiger charge is -2.23. The first-order valence-corrected chi connectivity index (χ1v) is 9.86. The third-order valence-corrected chi connectivity index (χ3v) is 6.11. The quantitative estimate of drug-likeness (QED) is 0.760. The van der Waals surface area contributed by atoms with E-state index in [1.165, 1.54) is 10.4 Å². The summed E-state index contributed by atoms with van der Waals surface area (Å²) in [5.41, 5.74) is 7.33. The highest BCUT2D eigenvalue weighted by Crippen LogP contribution is 2.33. The van der Waals surface area contributed by atoms with Gasteiger partial charge >= 0.3 is 0 Å². The molecule has 0 aliphatic carbocycles. The molecule has 3 rings (SSSR count). The Hall–Kier alpha value is -1.40. The molecule has 0 radical (unpaired) electrons. The molecular weight excluding hydrogens is 366 g/mol. The Labute approximate surface area is 166 Å². The van der Waals surface area contributed by atoms with Gasteiger partial charge in [0.15, 0.2) is 0 Å². The van der Waals surface area contributed by atoms with Crippen LogP contribution < -0.4 is 11.1 Å². The number of carbonyl (C=O) groups excluding carboxylic acids is 1. The van der Waals surface area contributed by atoms with Crippen molar-refractivity contribution in [1.82, 2.24) is 10.2 Å². The molecular formula is C20H28ClN3OS. The predicted molar refractivity (Wildman–Crippen MR) is 111 cm³/mol. The van der Waals surface area contributed by atoms with Gasteiger partial charge in [0.05, 0.1) is 6.04 Å². The maximum Gasteiger partial charge on any atom is 0.237 e. The van der Waals surface area contributed by atoms with E-state index in [2.05, 4.69) is 45.9 Å². The average Bonchev–Trinajstić information content (AvgIpc) is 3.31. The number of carbonyl (C=O) groups is 1. The van der Waals surface area contributed by atoms with Crippen molar-refractivity contribution in [2.45, 2.75) is 25.3 Å². The number of thiophene rings is 1. The van der Waals surface area contributed by atoms with E-state index in [0.717, 1.165) is 19.5 Å². The molecule has 3 atom stereocenters. The van der Waals surface area contributed by atoms with Gasteiger partial charge in [-0.3, -0.25) is 9.69 Å². The number of nitrogens with two attached hydrogens (primary N) is 1. The number of halogens is 1. The average molecular weight is 394 g/mol. The van der Waals surface area contributed by atoms with Crippen LogP contribution >= 0.6 is 23.7 Å². The molecule has 0 bridgehead atoms. The Balaban J connectivity index is 0.00000243. The molecule has 1 aliphatic heterocycles. The van der Waals surface area contributed by atoms with Crippen molar-refractivity contribution < 1.29 is 4.79 Å². The molecule has 1 aliphatic rings. The van der Waals surface area contributed by atoms with Gasteiger partial charge in [0.25, 0.3) is 0 Å². The van der Waals surface area contributed by atoms with Crippen LogP contribution in [-0.2, 0) is 11.2 Å². The van der Waals surface area contributed by atoms with Gasteiger partial charge < -0.3 is 11.1 Å². The van der Waals surface area contributed by atoms with Crippen LogP contribution in [-0.4, -0.2) is 43.0 Å². The molecule has 3 N–H and O–H groups in total. The molecule has 142 valence electrons. The molecule has 1 aromatic carbocycles. The molecule has 1 unspecified atom stereocenters. The van der Waals surface area contributed by atoms with Crippen LogP contribution in [0.25, 0.3) is 0 Å². The fraction of sp³-hybridized carbons (Fsp3) is 0.450. The van der Waals surface area contributed by atoms with Gasteiger partial charge in [-0.05, 0) is 42.8 Å². The van der Waals surface area contributed by atoms with Gasteiger partial charge in [0, 0.05) is 30.4 Å². The van der Waals surface area contributed by atoms with Crippen LogP contribution in [0.15, 0.2) is 47.8 Å². The van der Waals surface area contributed by atoms with E-state index < -0.39 is 0 Å². The maximum atomic E-state index is 12.5. The Kier molecular flexibility index (Phi) is 8.10. The molecule has 0 saturated carbocycles. The largest absolute Gasteiger partial charge is 0.354 e. The first kappa shape index (κ1) is 20.9. The second kappa shape index (κ2) is 10.1. The second-order valence-corrected chi connectivity index (χ2v) is 7.80. The molecule has 1 saturated heterocycles. The van der Waals surface area contributed by atoms with E-state index in [1.807, 2.05) is 19.1 Å². The fourth-order valence-electron chi connectivity index (χ4n) is 3.61. The monoisotopic (exact) mass is 393 g/mol.